The van der Waals surface area contributed by atoms with Crippen molar-refractivity contribution in [2.75, 3.05) is 5.73 Å². The fourth-order valence-electron chi connectivity index (χ4n) is 1.92. The Morgan fingerprint density at radius 1 is 1.37 bits per heavy atom. The number of hydrogen-bond donors (Lipinski definition) is 2. The summed E-state index contributed by atoms with van der Waals surface area (Å²) >= 11 is 1.68. The Morgan fingerprint density at radius 3 is 2.84 bits per heavy atom. The first-order valence-electron chi connectivity index (χ1n) is 6.31. The molecule has 0 aliphatic carbocycles. The van der Waals surface area contributed by atoms with Crippen LogP contribution in [0, 0.1) is 6.92 Å². The molecule has 0 spiro atoms. The number of nitrogens with two attached hydrogens (primary N) is 1. The van der Waals surface area contributed by atoms with Gasteiger partial charge in [0.15, 0.2) is 0 Å². The van der Waals surface area contributed by atoms with E-state index in [0.717, 1.165) is 12.0 Å². The summed E-state index contributed by atoms with van der Waals surface area (Å²) < 4.78 is 0. The molecule has 0 bridgehead atoms. The SMILES string of the molecule is CCc1ccsc1CNC(=O)c1ccc(N)c(C)c1. The van der Waals surface area contributed by atoms with Gasteiger partial charge in [-0.1, -0.05) is 6.92 Å². The fraction of sp³-hybridized carbons (Fsp3) is 0.267. The standard InChI is InChI=1S/C15H18N2OS/c1-3-11-6-7-19-14(11)9-17-15(18)12-4-5-13(16)10(2)8-12/h4-8H,3,9,16H2,1-2H3,(H,17,18). The smallest absolute Gasteiger partial charge is 0.251 e. The van der Waals surface area contributed by atoms with Crippen molar-refractivity contribution >= 4 is 22.9 Å². The molecule has 0 aliphatic rings. The second-order valence-corrected chi connectivity index (χ2v) is 5.48. The Morgan fingerprint density at radius 2 is 2.16 bits per heavy atom. The van der Waals surface area contributed by atoms with E-state index < -0.39 is 0 Å². The molecular formula is C15H18N2OS. The molecule has 3 nitrogen and oxygen atoms in total. The zero-order valence-corrected chi connectivity index (χ0v) is 12.0. The average Bonchev–Trinajstić information content (AvgIpc) is 2.86. The van der Waals surface area contributed by atoms with E-state index in [1.807, 2.05) is 13.0 Å². The number of carbonyl (C=O) groups excluding carboxylic acids is 1. The van der Waals surface area contributed by atoms with Gasteiger partial charge in [-0.05, 0) is 54.1 Å². The molecule has 0 saturated carbocycles. The minimum absolute atomic E-state index is 0.0569. The molecule has 0 atom stereocenters. The lowest BCUT2D eigenvalue weighted by Crippen LogP contribution is -2.22. The van der Waals surface area contributed by atoms with E-state index in [2.05, 4.69) is 23.7 Å². The van der Waals surface area contributed by atoms with Crippen LogP contribution in [0.15, 0.2) is 29.6 Å². The van der Waals surface area contributed by atoms with Crippen molar-refractivity contribution in [3.05, 3.63) is 51.2 Å². The topological polar surface area (TPSA) is 55.1 Å². The molecule has 0 fully saturated rings. The predicted octanol–water partition coefficient (Wildman–Crippen LogP) is 3.13. The number of benzene rings is 1. The number of nitrogen functional groups attached to an aromatic ring is 1. The van der Waals surface area contributed by atoms with Crippen LogP contribution in [0.3, 0.4) is 0 Å². The number of aryl methyl sites for hydroxylation is 2. The number of rotatable bonds is 4. The van der Waals surface area contributed by atoms with Gasteiger partial charge >= 0.3 is 0 Å². The minimum atomic E-state index is -0.0569. The Bertz CT molecular complexity index is 590. The number of thiophene rings is 1. The Labute approximate surface area is 117 Å². The van der Waals surface area contributed by atoms with Crippen LogP contribution >= 0.6 is 11.3 Å². The van der Waals surface area contributed by atoms with Crippen LogP contribution in [0.5, 0.6) is 0 Å². The van der Waals surface area contributed by atoms with Crippen molar-refractivity contribution in [2.45, 2.75) is 26.8 Å². The van der Waals surface area contributed by atoms with Gasteiger partial charge in [0.25, 0.3) is 5.91 Å². The van der Waals surface area contributed by atoms with Gasteiger partial charge in [-0.15, -0.1) is 11.3 Å². The van der Waals surface area contributed by atoms with Crippen LogP contribution in [-0.2, 0) is 13.0 Å². The van der Waals surface area contributed by atoms with Gasteiger partial charge in [-0.25, -0.2) is 0 Å². The van der Waals surface area contributed by atoms with Crippen LogP contribution in [0.25, 0.3) is 0 Å². The van der Waals surface area contributed by atoms with E-state index >= 15 is 0 Å². The van der Waals surface area contributed by atoms with Crippen molar-refractivity contribution in [2.24, 2.45) is 0 Å². The molecule has 19 heavy (non-hydrogen) atoms. The quantitative estimate of drug-likeness (QED) is 0.842. The molecule has 0 aliphatic heterocycles. The second-order valence-electron chi connectivity index (χ2n) is 4.48. The Kier molecular flexibility index (Phi) is 4.22. The van der Waals surface area contributed by atoms with E-state index in [1.165, 1.54) is 10.4 Å². The summed E-state index contributed by atoms with van der Waals surface area (Å²) in [6.07, 6.45) is 0.996. The molecule has 0 saturated heterocycles. The van der Waals surface area contributed by atoms with E-state index in [9.17, 15) is 4.79 Å². The summed E-state index contributed by atoms with van der Waals surface area (Å²) in [6.45, 7) is 4.61. The molecule has 1 aromatic carbocycles. The number of hydrogen-bond acceptors (Lipinski definition) is 3. The highest BCUT2D eigenvalue weighted by atomic mass is 32.1. The monoisotopic (exact) mass is 274 g/mol. The summed E-state index contributed by atoms with van der Waals surface area (Å²) in [6, 6.07) is 7.46. The summed E-state index contributed by atoms with van der Waals surface area (Å²) in [5.41, 5.74) is 9.35. The van der Waals surface area contributed by atoms with Crippen molar-refractivity contribution < 1.29 is 4.79 Å². The molecule has 1 aromatic heterocycles. The molecule has 100 valence electrons. The third kappa shape index (κ3) is 3.15. The van der Waals surface area contributed by atoms with Gasteiger partial charge < -0.3 is 11.1 Å². The average molecular weight is 274 g/mol. The van der Waals surface area contributed by atoms with Gasteiger partial charge in [0.2, 0.25) is 0 Å². The highest BCUT2D eigenvalue weighted by molar-refractivity contribution is 7.10. The summed E-state index contributed by atoms with van der Waals surface area (Å²) in [7, 11) is 0. The highest BCUT2D eigenvalue weighted by Crippen LogP contribution is 2.17. The number of carbonyl (C=O) groups is 1. The Hall–Kier alpha value is -1.81. The third-order valence-corrected chi connectivity index (χ3v) is 4.12. The van der Waals surface area contributed by atoms with Crippen molar-refractivity contribution in [1.29, 1.82) is 0 Å². The number of anilines is 1. The maximum Gasteiger partial charge on any atom is 0.251 e. The lowest BCUT2D eigenvalue weighted by atomic mass is 10.1. The van der Waals surface area contributed by atoms with Crippen LogP contribution in [-0.4, -0.2) is 5.91 Å². The van der Waals surface area contributed by atoms with Gasteiger partial charge in [-0.3, -0.25) is 4.79 Å². The van der Waals surface area contributed by atoms with Crippen molar-refractivity contribution in [1.82, 2.24) is 5.32 Å². The molecule has 0 unspecified atom stereocenters. The van der Waals surface area contributed by atoms with Crippen LogP contribution in [0.4, 0.5) is 5.69 Å². The molecule has 0 radical (unpaired) electrons. The Balaban J connectivity index is 2.03. The van der Waals surface area contributed by atoms with Crippen LogP contribution in [0.2, 0.25) is 0 Å². The van der Waals surface area contributed by atoms with Crippen LogP contribution < -0.4 is 11.1 Å². The molecule has 2 aromatic rings. The maximum atomic E-state index is 12.1. The summed E-state index contributed by atoms with van der Waals surface area (Å²) in [5.74, 6) is -0.0569. The van der Waals surface area contributed by atoms with Gasteiger partial charge in [0, 0.05) is 16.1 Å². The van der Waals surface area contributed by atoms with Crippen molar-refractivity contribution in [3.8, 4) is 0 Å². The molecule has 3 N–H and O–H groups in total. The first kappa shape index (κ1) is 13.6. The second kappa shape index (κ2) is 5.89. The van der Waals surface area contributed by atoms with Gasteiger partial charge in [0.05, 0.1) is 6.54 Å². The number of nitrogens with one attached hydrogen (secondary N) is 1. The lowest BCUT2D eigenvalue weighted by Gasteiger charge is -2.07. The van der Waals surface area contributed by atoms with Gasteiger partial charge in [-0.2, -0.15) is 0 Å². The third-order valence-electron chi connectivity index (χ3n) is 3.16. The van der Waals surface area contributed by atoms with E-state index in [-0.39, 0.29) is 5.91 Å². The summed E-state index contributed by atoms with van der Waals surface area (Å²) in [5, 5.41) is 5.02. The number of amides is 1. The molecule has 4 heteroatoms. The normalized spacial score (nSPS) is 10.4. The zero-order valence-electron chi connectivity index (χ0n) is 11.2. The molecule has 2 rings (SSSR count). The lowest BCUT2D eigenvalue weighted by molar-refractivity contribution is 0.0951. The minimum Gasteiger partial charge on any atom is -0.399 e. The summed E-state index contributed by atoms with van der Waals surface area (Å²) in [4.78, 5) is 13.3. The first-order valence-corrected chi connectivity index (χ1v) is 7.19. The van der Waals surface area contributed by atoms with E-state index in [4.69, 9.17) is 5.73 Å². The van der Waals surface area contributed by atoms with E-state index in [1.54, 1.807) is 23.5 Å². The first-order chi connectivity index (χ1) is 9.11. The molecule has 1 heterocycles. The largest absolute Gasteiger partial charge is 0.399 e. The molecular weight excluding hydrogens is 256 g/mol. The fourth-order valence-corrected chi connectivity index (χ4v) is 2.83. The maximum absolute atomic E-state index is 12.1. The zero-order chi connectivity index (χ0) is 13.8. The highest BCUT2D eigenvalue weighted by Gasteiger charge is 2.08. The van der Waals surface area contributed by atoms with Crippen LogP contribution in [0.1, 0.15) is 33.3 Å². The van der Waals surface area contributed by atoms with Gasteiger partial charge in [0.1, 0.15) is 0 Å². The van der Waals surface area contributed by atoms with E-state index in [0.29, 0.717) is 17.8 Å². The molecule has 1 amide bonds. The van der Waals surface area contributed by atoms with Crippen molar-refractivity contribution in [3.63, 3.8) is 0 Å². The predicted molar refractivity (Wildman–Crippen MR) is 80.5 cm³/mol.